The number of hydrogen-bond acceptors (Lipinski definition) is 6. The number of benzene rings is 1. The SMILES string of the molecule is Fc1ccc(-c2nnc3ccc(N4CCN(Cc5ccccc5)CC4)nn23)nc1. The molecule has 1 saturated heterocycles. The molecule has 0 N–H and O–H groups in total. The summed E-state index contributed by atoms with van der Waals surface area (Å²) >= 11 is 0. The van der Waals surface area contributed by atoms with Crippen molar-refractivity contribution >= 4 is 11.5 Å². The number of aromatic nitrogens is 5. The second kappa shape index (κ2) is 7.56. The van der Waals surface area contributed by atoms with Gasteiger partial charge in [0.2, 0.25) is 5.82 Å². The van der Waals surface area contributed by atoms with Crippen LogP contribution >= 0.6 is 0 Å². The topological polar surface area (TPSA) is 62.5 Å². The molecule has 4 heterocycles. The van der Waals surface area contributed by atoms with Crippen molar-refractivity contribution in [2.45, 2.75) is 6.54 Å². The van der Waals surface area contributed by atoms with Gasteiger partial charge in [0, 0.05) is 32.7 Å². The predicted molar refractivity (Wildman–Crippen MR) is 108 cm³/mol. The molecule has 0 atom stereocenters. The second-order valence-electron chi connectivity index (χ2n) is 7.10. The van der Waals surface area contributed by atoms with Gasteiger partial charge in [0.15, 0.2) is 5.65 Å². The van der Waals surface area contributed by atoms with Gasteiger partial charge < -0.3 is 4.90 Å². The summed E-state index contributed by atoms with van der Waals surface area (Å²) < 4.78 is 14.9. The van der Waals surface area contributed by atoms with Gasteiger partial charge in [-0.1, -0.05) is 30.3 Å². The first-order valence-electron chi connectivity index (χ1n) is 9.62. The minimum absolute atomic E-state index is 0.385. The normalized spacial score (nSPS) is 15.1. The second-order valence-corrected chi connectivity index (χ2v) is 7.10. The van der Waals surface area contributed by atoms with Crippen LogP contribution < -0.4 is 4.90 Å². The van der Waals surface area contributed by atoms with Crippen molar-refractivity contribution < 1.29 is 4.39 Å². The number of pyridine rings is 1. The average Bonchev–Trinajstić information content (AvgIpc) is 3.19. The molecule has 1 aromatic carbocycles. The molecule has 7 nitrogen and oxygen atoms in total. The average molecular weight is 389 g/mol. The van der Waals surface area contributed by atoms with Gasteiger partial charge in [0.05, 0.1) is 6.20 Å². The van der Waals surface area contributed by atoms with E-state index in [9.17, 15) is 4.39 Å². The molecule has 0 saturated carbocycles. The Balaban J connectivity index is 1.33. The number of hydrogen-bond donors (Lipinski definition) is 0. The Morgan fingerprint density at radius 3 is 2.45 bits per heavy atom. The molecule has 4 aromatic rings. The van der Waals surface area contributed by atoms with E-state index in [0.717, 1.165) is 38.5 Å². The van der Waals surface area contributed by atoms with E-state index < -0.39 is 0 Å². The zero-order valence-corrected chi connectivity index (χ0v) is 15.8. The third-order valence-corrected chi connectivity index (χ3v) is 5.15. The van der Waals surface area contributed by atoms with Crippen molar-refractivity contribution in [3.05, 3.63) is 72.2 Å². The molecule has 1 fully saturated rings. The van der Waals surface area contributed by atoms with Crippen molar-refractivity contribution in [3.63, 3.8) is 0 Å². The number of fused-ring (bicyclic) bond motifs is 1. The standard InChI is InChI=1S/C21H20FN7/c22-17-6-7-18(23-14-17)21-25-24-19-8-9-20(26-29(19)21)28-12-10-27(11-13-28)15-16-4-2-1-3-5-16/h1-9,14H,10-13,15H2. The highest BCUT2D eigenvalue weighted by Crippen LogP contribution is 2.19. The molecular formula is C21H20FN7. The molecule has 3 aromatic heterocycles. The summed E-state index contributed by atoms with van der Waals surface area (Å²) in [7, 11) is 0. The van der Waals surface area contributed by atoms with Crippen LogP contribution in [0.2, 0.25) is 0 Å². The van der Waals surface area contributed by atoms with Crippen LogP contribution in [0.3, 0.4) is 0 Å². The van der Waals surface area contributed by atoms with Crippen LogP contribution in [-0.2, 0) is 6.54 Å². The van der Waals surface area contributed by atoms with Crippen LogP contribution in [0.15, 0.2) is 60.8 Å². The fraction of sp³-hybridized carbons (Fsp3) is 0.238. The number of piperazine rings is 1. The van der Waals surface area contributed by atoms with Gasteiger partial charge in [0.1, 0.15) is 17.3 Å². The maximum atomic E-state index is 13.2. The molecule has 146 valence electrons. The van der Waals surface area contributed by atoms with Crippen LogP contribution in [-0.4, -0.2) is 55.9 Å². The van der Waals surface area contributed by atoms with Crippen molar-refractivity contribution in [2.24, 2.45) is 0 Å². The van der Waals surface area contributed by atoms with Crippen molar-refractivity contribution in [3.8, 4) is 11.5 Å². The summed E-state index contributed by atoms with van der Waals surface area (Å²) in [5.41, 5.74) is 2.51. The first-order valence-corrected chi connectivity index (χ1v) is 9.62. The molecule has 8 heteroatoms. The van der Waals surface area contributed by atoms with Gasteiger partial charge in [-0.3, -0.25) is 4.90 Å². The molecule has 0 bridgehead atoms. The maximum absolute atomic E-state index is 13.2. The number of nitrogens with zero attached hydrogens (tertiary/aromatic N) is 7. The first-order chi connectivity index (χ1) is 14.3. The number of rotatable bonds is 4. The highest BCUT2D eigenvalue weighted by molar-refractivity contribution is 5.56. The van der Waals surface area contributed by atoms with Gasteiger partial charge in [0.25, 0.3) is 0 Å². The van der Waals surface area contributed by atoms with E-state index in [1.54, 1.807) is 10.6 Å². The Morgan fingerprint density at radius 2 is 1.69 bits per heavy atom. The largest absolute Gasteiger partial charge is 0.353 e. The number of halogens is 1. The van der Waals surface area contributed by atoms with Crippen LogP contribution in [0.4, 0.5) is 10.2 Å². The van der Waals surface area contributed by atoms with E-state index in [0.29, 0.717) is 17.2 Å². The van der Waals surface area contributed by atoms with Gasteiger partial charge in [-0.05, 0) is 29.8 Å². The monoisotopic (exact) mass is 389 g/mol. The Bertz CT molecular complexity index is 1100. The third-order valence-electron chi connectivity index (χ3n) is 5.15. The zero-order valence-electron chi connectivity index (χ0n) is 15.8. The lowest BCUT2D eigenvalue weighted by molar-refractivity contribution is 0.249. The van der Waals surface area contributed by atoms with Crippen LogP contribution in [0.5, 0.6) is 0 Å². The summed E-state index contributed by atoms with van der Waals surface area (Å²) in [6.07, 6.45) is 1.17. The van der Waals surface area contributed by atoms with Crippen molar-refractivity contribution in [1.29, 1.82) is 0 Å². The Kier molecular flexibility index (Phi) is 4.61. The molecule has 0 radical (unpaired) electrons. The molecule has 1 aliphatic heterocycles. The summed E-state index contributed by atoms with van der Waals surface area (Å²) in [6, 6.07) is 17.4. The molecule has 5 rings (SSSR count). The molecular weight excluding hydrogens is 369 g/mol. The van der Waals surface area contributed by atoms with E-state index in [2.05, 4.69) is 49.2 Å². The van der Waals surface area contributed by atoms with E-state index in [-0.39, 0.29) is 5.82 Å². The quantitative estimate of drug-likeness (QED) is 0.535. The van der Waals surface area contributed by atoms with Crippen molar-refractivity contribution in [1.82, 2.24) is 29.7 Å². The highest BCUT2D eigenvalue weighted by Gasteiger charge is 2.20. The third kappa shape index (κ3) is 3.66. The summed E-state index contributed by atoms with van der Waals surface area (Å²) in [6.45, 7) is 4.72. The van der Waals surface area contributed by atoms with E-state index in [1.165, 1.54) is 17.8 Å². The minimum atomic E-state index is -0.385. The Labute approximate surface area is 167 Å². The molecule has 29 heavy (non-hydrogen) atoms. The van der Waals surface area contributed by atoms with Gasteiger partial charge in [-0.2, -0.15) is 4.52 Å². The Morgan fingerprint density at radius 1 is 0.862 bits per heavy atom. The lowest BCUT2D eigenvalue weighted by Crippen LogP contribution is -2.46. The van der Waals surface area contributed by atoms with E-state index in [1.807, 2.05) is 18.2 Å². The van der Waals surface area contributed by atoms with Crippen LogP contribution in [0.1, 0.15) is 5.56 Å². The van der Waals surface area contributed by atoms with E-state index in [4.69, 9.17) is 5.10 Å². The molecule has 0 amide bonds. The molecule has 0 aliphatic carbocycles. The van der Waals surface area contributed by atoms with Crippen LogP contribution in [0.25, 0.3) is 17.2 Å². The number of anilines is 1. The molecule has 0 spiro atoms. The summed E-state index contributed by atoms with van der Waals surface area (Å²) in [5.74, 6) is 0.995. The highest BCUT2D eigenvalue weighted by atomic mass is 19.1. The maximum Gasteiger partial charge on any atom is 0.203 e. The first kappa shape index (κ1) is 17.7. The molecule has 1 aliphatic rings. The lowest BCUT2D eigenvalue weighted by Gasteiger charge is -2.35. The zero-order chi connectivity index (χ0) is 19.6. The van der Waals surface area contributed by atoms with E-state index >= 15 is 0 Å². The van der Waals surface area contributed by atoms with Gasteiger partial charge in [-0.15, -0.1) is 15.3 Å². The summed E-state index contributed by atoms with van der Waals surface area (Å²) in [4.78, 5) is 8.83. The van der Waals surface area contributed by atoms with Crippen molar-refractivity contribution in [2.75, 3.05) is 31.1 Å². The predicted octanol–water partition coefficient (Wildman–Crippen LogP) is 2.65. The summed E-state index contributed by atoms with van der Waals surface area (Å²) in [5, 5.41) is 13.1. The molecule has 0 unspecified atom stereocenters. The van der Waals surface area contributed by atoms with Gasteiger partial charge in [-0.25, -0.2) is 9.37 Å². The smallest absolute Gasteiger partial charge is 0.203 e. The van der Waals surface area contributed by atoms with Gasteiger partial charge >= 0.3 is 0 Å². The van der Waals surface area contributed by atoms with Crippen LogP contribution in [0, 0.1) is 5.82 Å². The fourth-order valence-electron chi connectivity index (χ4n) is 3.59. The Hall–Kier alpha value is -3.39. The minimum Gasteiger partial charge on any atom is -0.353 e. The fourth-order valence-corrected chi connectivity index (χ4v) is 3.59. The lowest BCUT2D eigenvalue weighted by atomic mass is 10.2.